The summed E-state index contributed by atoms with van der Waals surface area (Å²) in [5.41, 5.74) is -0.0661. The average Bonchev–Trinajstić information content (AvgIpc) is 2.16. The smallest absolute Gasteiger partial charge is 0.360 e. The summed E-state index contributed by atoms with van der Waals surface area (Å²) in [6.45, 7) is 0. The monoisotopic (exact) mass is 227 g/mol. The molecule has 0 aliphatic heterocycles. The van der Waals surface area contributed by atoms with Gasteiger partial charge in [0.25, 0.3) is 0 Å². The van der Waals surface area contributed by atoms with Gasteiger partial charge in [0.05, 0.1) is 5.56 Å². The molecule has 0 spiro atoms. The zero-order valence-electron chi connectivity index (χ0n) is 7.91. The summed E-state index contributed by atoms with van der Waals surface area (Å²) in [7, 11) is 0. The summed E-state index contributed by atoms with van der Waals surface area (Å²) in [4.78, 5) is 21.5. The molecule has 16 heavy (non-hydrogen) atoms. The molecule has 1 rings (SSSR count). The molecule has 0 fully saturated rings. The summed E-state index contributed by atoms with van der Waals surface area (Å²) in [6, 6.07) is 5.08. The normalized spacial score (nSPS) is 10.9. The maximum absolute atomic E-state index is 10.9. The number of rotatable bonds is 3. The van der Waals surface area contributed by atoms with E-state index in [0.29, 0.717) is 0 Å². The molecule has 0 heterocycles. The number of anilines is 1. The van der Waals surface area contributed by atoms with Crippen LogP contribution >= 0.6 is 0 Å². The number of hydrogen-bond acceptors (Lipinski definition) is 5. The second-order valence-electron chi connectivity index (χ2n) is 2.98. The summed E-state index contributed by atoms with van der Waals surface area (Å²) in [5, 5.41) is 36.1. The molecule has 7 heteroatoms. The highest BCUT2D eigenvalue weighted by Gasteiger charge is 2.30. The van der Waals surface area contributed by atoms with Crippen LogP contribution in [0.25, 0.3) is 0 Å². The molecule has 0 aliphatic rings. The van der Waals surface area contributed by atoms with E-state index in [1.54, 1.807) is 0 Å². The second-order valence-corrected chi connectivity index (χ2v) is 2.98. The van der Waals surface area contributed by atoms with E-state index in [4.69, 9.17) is 20.4 Å². The van der Waals surface area contributed by atoms with Crippen molar-refractivity contribution < 1.29 is 30.0 Å². The van der Waals surface area contributed by atoms with E-state index in [2.05, 4.69) is 0 Å². The molecule has 1 aromatic rings. The Morgan fingerprint density at radius 1 is 1.19 bits per heavy atom. The predicted molar refractivity (Wildman–Crippen MR) is 51.4 cm³/mol. The van der Waals surface area contributed by atoms with Gasteiger partial charge >= 0.3 is 17.8 Å². The molecule has 86 valence electrons. The third kappa shape index (κ3) is 3.02. The molecular formula is C9H9NO6. The van der Waals surface area contributed by atoms with Crippen molar-refractivity contribution in [3.63, 3.8) is 0 Å². The van der Waals surface area contributed by atoms with Gasteiger partial charge in [-0.2, -0.15) is 0 Å². The molecule has 0 saturated carbocycles. The van der Waals surface area contributed by atoms with E-state index < -0.39 is 17.8 Å². The quantitative estimate of drug-likeness (QED) is 0.419. The molecule has 0 aliphatic carbocycles. The average molecular weight is 227 g/mol. The predicted octanol–water partition coefficient (Wildman–Crippen LogP) is -1.05. The van der Waals surface area contributed by atoms with Gasteiger partial charge in [-0.25, -0.2) is 4.79 Å². The standard InChI is InChI=1S/C9H9NO6/c11-7(12)5-2-1-3-6(4-5)10-8(13)9(14,15)16/h1-4,14-16H,(H,10,13)(H,11,12). The Bertz CT molecular complexity index is 422. The minimum Gasteiger partial charge on any atom is -0.478 e. The van der Waals surface area contributed by atoms with Crippen LogP contribution in [0.15, 0.2) is 24.3 Å². The van der Waals surface area contributed by atoms with Crippen molar-refractivity contribution >= 4 is 17.6 Å². The number of aliphatic hydroxyl groups is 3. The van der Waals surface area contributed by atoms with Crippen molar-refractivity contribution in [2.75, 3.05) is 5.32 Å². The fourth-order valence-electron chi connectivity index (χ4n) is 0.945. The number of carboxylic acids is 1. The number of amides is 1. The van der Waals surface area contributed by atoms with E-state index in [9.17, 15) is 9.59 Å². The lowest BCUT2D eigenvalue weighted by Crippen LogP contribution is -2.42. The van der Waals surface area contributed by atoms with E-state index in [-0.39, 0.29) is 11.3 Å². The third-order valence-electron chi connectivity index (χ3n) is 1.67. The number of hydrogen-bond donors (Lipinski definition) is 5. The first-order chi connectivity index (χ1) is 7.30. The van der Waals surface area contributed by atoms with Crippen LogP contribution in [-0.4, -0.2) is 38.3 Å². The van der Waals surface area contributed by atoms with E-state index >= 15 is 0 Å². The Balaban J connectivity index is 2.87. The fraction of sp³-hybridized carbons (Fsp3) is 0.111. The number of nitrogens with one attached hydrogen (secondary N) is 1. The Morgan fingerprint density at radius 2 is 1.81 bits per heavy atom. The van der Waals surface area contributed by atoms with E-state index in [1.165, 1.54) is 18.2 Å². The number of carbonyl (C=O) groups is 2. The zero-order chi connectivity index (χ0) is 12.3. The van der Waals surface area contributed by atoms with Crippen LogP contribution in [0, 0.1) is 0 Å². The highest BCUT2D eigenvalue weighted by molar-refractivity contribution is 5.96. The topological polar surface area (TPSA) is 127 Å². The van der Waals surface area contributed by atoms with Gasteiger partial charge in [0.2, 0.25) is 0 Å². The Morgan fingerprint density at radius 3 is 2.31 bits per heavy atom. The molecule has 1 amide bonds. The zero-order valence-corrected chi connectivity index (χ0v) is 7.91. The number of benzene rings is 1. The third-order valence-corrected chi connectivity index (χ3v) is 1.67. The largest absolute Gasteiger partial charge is 0.478 e. The lowest BCUT2D eigenvalue weighted by molar-refractivity contribution is -0.284. The van der Waals surface area contributed by atoms with Crippen LogP contribution in [0.2, 0.25) is 0 Å². The van der Waals surface area contributed by atoms with Crippen LogP contribution in [0.5, 0.6) is 0 Å². The minimum atomic E-state index is -3.50. The van der Waals surface area contributed by atoms with Crippen molar-refractivity contribution in [1.82, 2.24) is 0 Å². The molecular weight excluding hydrogens is 218 g/mol. The summed E-state index contributed by atoms with van der Waals surface area (Å²) in [6.07, 6.45) is 0. The maximum Gasteiger partial charge on any atom is 0.360 e. The molecule has 1 aromatic carbocycles. The molecule has 0 unspecified atom stereocenters. The summed E-state index contributed by atoms with van der Waals surface area (Å²) < 4.78 is 0. The number of carboxylic acid groups (broad SMARTS) is 1. The Kier molecular flexibility index (Phi) is 3.23. The van der Waals surface area contributed by atoms with Crippen LogP contribution in [0.4, 0.5) is 5.69 Å². The summed E-state index contributed by atoms with van der Waals surface area (Å²) >= 11 is 0. The molecule has 0 atom stereocenters. The van der Waals surface area contributed by atoms with Crippen LogP contribution < -0.4 is 5.32 Å². The molecule has 0 aromatic heterocycles. The lowest BCUT2D eigenvalue weighted by atomic mass is 10.2. The molecule has 7 nitrogen and oxygen atoms in total. The van der Waals surface area contributed by atoms with Crippen LogP contribution in [-0.2, 0) is 4.79 Å². The Labute approximate surface area is 89.6 Å². The number of aromatic carboxylic acids is 1. The molecule has 0 bridgehead atoms. The van der Waals surface area contributed by atoms with Gasteiger partial charge in [0, 0.05) is 5.69 Å². The summed E-state index contributed by atoms with van der Waals surface area (Å²) in [5.74, 6) is -6.17. The van der Waals surface area contributed by atoms with Gasteiger partial charge in [-0.05, 0) is 18.2 Å². The van der Waals surface area contributed by atoms with Gasteiger partial charge in [-0.3, -0.25) is 4.79 Å². The lowest BCUT2D eigenvalue weighted by Gasteiger charge is -2.13. The minimum absolute atomic E-state index is 0.0198. The van der Waals surface area contributed by atoms with Crippen LogP contribution in [0.1, 0.15) is 10.4 Å². The van der Waals surface area contributed by atoms with Crippen LogP contribution in [0.3, 0.4) is 0 Å². The van der Waals surface area contributed by atoms with Crippen molar-refractivity contribution in [3.8, 4) is 0 Å². The highest BCUT2D eigenvalue weighted by Crippen LogP contribution is 2.11. The molecule has 0 saturated heterocycles. The second kappa shape index (κ2) is 4.27. The van der Waals surface area contributed by atoms with Gasteiger partial charge < -0.3 is 25.7 Å². The van der Waals surface area contributed by atoms with Gasteiger partial charge in [-0.1, -0.05) is 6.07 Å². The van der Waals surface area contributed by atoms with E-state index in [1.807, 2.05) is 5.32 Å². The first-order valence-electron chi connectivity index (χ1n) is 4.12. The SMILES string of the molecule is O=C(O)c1cccc(NC(=O)C(O)(O)O)c1. The van der Waals surface area contributed by atoms with Gasteiger partial charge in [0.15, 0.2) is 0 Å². The van der Waals surface area contributed by atoms with Crippen molar-refractivity contribution in [3.05, 3.63) is 29.8 Å². The fourth-order valence-corrected chi connectivity index (χ4v) is 0.945. The van der Waals surface area contributed by atoms with Gasteiger partial charge in [-0.15, -0.1) is 0 Å². The van der Waals surface area contributed by atoms with Crippen molar-refractivity contribution in [1.29, 1.82) is 0 Å². The first kappa shape index (κ1) is 12.1. The maximum atomic E-state index is 10.9. The Hall–Kier alpha value is -1.96. The first-order valence-corrected chi connectivity index (χ1v) is 4.12. The highest BCUT2D eigenvalue weighted by atomic mass is 16.7. The molecule has 5 N–H and O–H groups in total. The molecule has 0 radical (unpaired) electrons. The van der Waals surface area contributed by atoms with Crippen molar-refractivity contribution in [2.24, 2.45) is 0 Å². The van der Waals surface area contributed by atoms with Crippen molar-refractivity contribution in [2.45, 2.75) is 5.97 Å². The number of carbonyl (C=O) groups excluding carboxylic acids is 1. The van der Waals surface area contributed by atoms with E-state index in [0.717, 1.165) is 6.07 Å². The van der Waals surface area contributed by atoms with Gasteiger partial charge in [0.1, 0.15) is 0 Å².